The number of esters is 2. The van der Waals surface area contributed by atoms with E-state index in [0.29, 0.717) is 30.5 Å². The summed E-state index contributed by atoms with van der Waals surface area (Å²) in [4.78, 5) is 72.3. The first-order valence-corrected chi connectivity index (χ1v) is 21.0. The van der Waals surface area contributed by atoms with Crippen molar-refractivity contribution in [3.05, 3.63) is 52.2 Å². The molecule has 0 bridgehead atoms. The number of aromatic nitrogens is 1. The fraction of sp³-hybridized carbons (Fsp3) is 0.636. The Morgan fingerprint density at radius 1 is 0.927 bits per heavy atom. The molecule has 11 heteroatoms. The van der Waals surface area contributed by atoms with Crippen LogP contribution in [0.5, 0.6) is 0 Å². The van der Waals surface area contributed by atoms with Gasteiger partial charge in [-0.25, -0.2) is 9.59 Å². The molecule has 4 heterocycles. The van der Waals surface area contributed by atoms with Crippen LogP contribution in [0.25, 0.3) is 10.9 Å². The second-order valence-corrected chi connectivity index (χ2v) is 15.5. The number of amides is 2. The summed E-state index contributed by atoms with van der Waals surface area (Å²) in [5.74, 6) is -3.51. The molecule has 0 aliphatic carbocycles. The first-order valence-electron chi connectivity index (χ1n) is 21.0. The van der Waals surface area contributed by atoms with Crippen molar-refractivity contribution in [2.75, 3.05) is 6.61 Å². The van der Waals surface area contributed by atoms with Crippen LogP contribution in [0.15, 0.2) is 35.4 Å². The van der Waals surface area contributed by atoms with Crippen molar-refractivity contribution in [2.24, 2.45) is 0 Å². The number of hydrogen-bond donors (Lipinski definition) is 2. The van der Waals surface area contributed by atoms with Crippen molar-refractivity contribution < 1.29 is 38.6 Å². The summed E-state index contributed by atoms with van der Waals surface area (Å²) >= 11 is 0. The molecule has 0 saturated carbocycles. The lowest BCUT2D eigenvalue weighted by Crippen LogP contribution is -2.54. The molecule has 2 amide bonds. The number of benzene rings is 1. The van der Waals surface area contributed by atoms with Crippen molar-refractivity contribution in [3.8, 4) is 0 Å². The monoisotopic (exact) mass is 759 g/mol. The van der Waals surface area contributed by atoms with E-state index < -0.39 is 41.5 Å². The van der Waals surface area contributed by atoms with Gasteiger partial charge in [-0.2, -0.15) is 0 Å². The molecular weight excluding hydrogens is 698 g/mol. The molecule has 0 radical (unpaired) electrons. The highest BCUT2D eigenvalue weighted by Gasteiger charge is 2.56. The quantitative estimate of drug-likeness (QED) is 0.0841. The Labute approximate surface area is 326 Å². The zero-order valence-corrected chi connectivity index (χ0v) is 33.2. The predicted octanol–water partition coefficient (Wildman–Crippen LogP) is 8.35. The van der Waals surface area contributed by atoms with E-state index in [1.54, 1.807) is 11.8 Å². The number of carbonyl (C=O) groups is 5. The third-order valence-electron chi connectivity index (χ3n) is 11.8. The van der Waals surface area contributed by atoms with Crippen LogP contribution < -0.4 is 5.32 Å². The third-order valence-corrected chi connectivity index (χ3v) is 11.8. The average molecular weight is 760 g/mol. The first-order chi connectivity index (χ1) is 26.6. The number of para-hydroxylation sites is 1. The summed E-state index contributed by atoms with van der Waals surface area (Å²) in [6.07, 6.45) is 17.5. The number of rotatable bonds is 23. The summed E-state index contributed by atoms with van der Waals surface area (Å²) in [6, 6.07) is 6.44. The van der Waals surface area contributed by atoms with Crippen LogP contribution in [-0.2, 0) is 46.4 Å². The topological polar surface area (TPSA) is 152 Å². The van der Waals surface area contributed by atoms with E-state index in [1.165, 1.54) is 64.2 Å². The van der Waals surface area contributed by atoms with Crippen LogP contribution in [0.3, 0.4) is 0 Å². The highest BCUT2D eigenvalue weighted by atomic mass is 16.6. The van der Waals surface area contributed by atoms with Crippen LogP contribution >= 0.6 is 0 Å². The van der Waals surface area contributed by atoms with E-state index in [0.717, 1.165) is 53.4 Å². The minimum absolute atomic E-state index is 0.0428. The maximum absolute atomic E-state index is 14.0. The Morgan fingerprint density at radius 3 is 2.18 bits per heavy atom. The number of pyridine rings is 1. The molecule has 55 heavy (non-hydrogen) atoms. The molecule has 300 valence electrons. The number of nitrogens with one attached hydrogen (secondary N) is 1. The van der Waals surface area contributed by atoms with E-state index in [-0.39, 0.29) is 38.2 Å². The zero-order valence-electron chi connectivity index (χ0n) is 33.2. The van der Waals surface area contributed by atoms with E-state index in [9.17, 15) is 29.1 Å². The number of ether oxygens (including phenoxy) is 2. The summed E-state index contributed by atoms with van der Waals surface area (Å²) in [7, 11) is 0. The molecule has 5 rings (SSSR count). The average Bonchev–Trinajstić information content (AvgIpc) is 3.55. The number of carboxylic acid groups (broad SMARTS) is 1. The molecule has 3 aliphatic rings. The largest absolute Gasteiger partial charge is 0.480 e. The number of fused-ring (bicyclic) bond motifs is 4. The second-order valence-electron chi connectivity index (χ2n) is 15.5. The van der Waals surface area contributed by atoms with E-state index >= 15 is 0 Å². The summed E-state index contributed by atoms with van der Waals surface area (Å²) in [5, 5.41) is 13.4. The van der Waals surface area contributed by atoms with Crippen LogP contribution in [0.1, 0.15) is 166 Å². The Kier molecular flexibility index (Phi) is 15.3. The van der Waals surface area contributed by atoms with Gasteiger partial charge in [0.05, 0.1) is 29.2 Å². The third kappa shape index (κ3) is 9.94. The molecule has 1 aromatic carbocycles. The fourth-order valence-electron chi connectivity index (χ4n) is 8.66. The van der Waals surface area contributed by atoms with Gasteiger partial charge in [0.2, 0.25) is 11.5 Å². The number of aryl methyl sites for hydroxylation is 1. The van der Waals surface area contributed by atoms with Crippen LogP contribution in [0, 0.1) is 0 Å². The van der Waals surface area contributed by atoms with Gasteiger partial charge < -0.3 is 24.8 Å². The van der Waals surface area contributed by atoms with Crippen LogP contribution in [0.4, 0.5) is 0 Å². The molecule has 0 saturated heterocycles. The number of nitrogens with zero attached hydrogens (tertiary/aromatic N) is 2. The second kappa shape index (κ2) is 20.1. The Bertz CT molecular complexity index is 1740. The Hall–Kier alpha value is -4.28. The summed E-state index contributed by atoms with van der Waals surface area (Å²) < 4.78 is 11.4. The fourth-order valence-corrected chi connectivity index (χ4v) is 8.66. The van der Waals surface area contributed by atoms with E-state index in [4.69, 9.17) is 14.5 Å². The Balaban J connectivity index is 1.10. The standard InChI is InChI=1S/C44H61N3O8/c1-4-7-8-9-10-11-12-13-14-15-16-17-18-19-24-36(42(51)52)45-38(48)25-26-39(49)55-44(6-3)34-27-37-40-32(28-47(37)41(50)33(34)29-54-43(44)53)30(5-2)31-22-20-21-23-35(31)46-40/h20-23,36-37H,4-19,24-29H2,1-3H3,(H,45,48)(H,51,52)/t36?,37?,44-/m0/s1. The Morgan fingerprint density at radius 2 is 1.56 bits per heavy atom. The van der Waals surface area contributed by atoms with Gasteiger partial charge in [0.1, 0.15) is 12.6 Å². The van der Waals surface area contributed by atoms with Gasteiger partial charge in [0.15, 0.2) is 0 Å². The van der Waals surface area contributed by atoms with Crippen LogP contribution in [-0.4, -0.2) is 63.0 Å². The summed E-state index contributed by atoms with van der Waals surface area (Å²) in [6.45, 7) is 6.22. The molecule has 11 nitrogen and oxygen atoms in total. The van der Waals surface area contributed by atoms with Gasteiger partial charge in [0.25, 0.3) is 5.91 Å². The van der Waals surface area contributed by atoms with Crippen molar-refractivity contribution in [1.82, 2.24) is 15.2 Å². The normalized spacial score (nSPS) is 19.5. The first kappa shape index (κ1) is 41.9. The minimum atomic E-state index is -1.81. The van der Waals surface area contributed by atoms with Crippen molar-refractivity contribution in [2.45, 2.75) is 173 Å². The van der Waals surface area contributed by atoms with Gasteiger partial charge in [-0.05, 0) is 48.4 Å². The number of carboxylic acids is 1. The lowest BCUT2D eigenvalue weighted by molar-refractivity contribution is -0.182. The van der Waals surface area contributed by atoms with Crippen molar-refractivity contribution in [3.63, 3.8) is 0 Å². The maximum atomic E-state index is 14.0. The minimum Gasteiger partial charge on any atom is -0.480 e. The van der Waals surface area contributed by atoms with Gasteiger partial charge in [-0.1, -0.05) is 129 Å². The lowest BCUT2D eigenvalue weighted by Gasteiger charge is -2.42. The molecule has 3 atom stereocenters. The van der Waals surface area contributed by atoms with Crippen molar-refractivity contribution >= 4 is 40.6 Å². The molecule has 0 fully saturated rings. The number of unbranched alkanes of at least 4 members (excludes halogenated alkanes) is 13. The number of aliphatic carboxylic acids is 1. The number of cyclic esters (lactones) is 1. The molecule has 2 N–H and O–H groups in total. The van der Waals surface area contributed by atoms with Gasteiger partial charge >= 0.3 is 17.9 Å². The molecule has 2 unspecified atom stereocenters. The maximum Gasteiger partial charge on any atom is 0.355 e. The highest BCUT2D eigenvalue weighted by molar-refractivity contribution is 6.02. The molecule has 3 aliphatic heterocycles. The van der Waals surface area contributed by atoms with Gasteiger partial charge in [-0.3, -0.25) is 19.4 Å². The van der Waals surface area contributed by atoms with E-state index in [1.807, 2.05) is 24.3 Å². The zero-order chi connectivity index (χ0) is 39.4. The molecular formula is C44H61N3O8. The summed E-state index contributed by atoms with van der Waals surface area (Å²) in [5.41, 5.74) is 2.72. The van der Waals surface area contributed by atoms with Crippen LogP contribution in [0.2, 0.25) is 0 Å². The number of carbonyl (C=O) groups excluding carboxylic acids is 4. The number of hydrogen-bond acceptors (Lipinski definition) is 8. The SMILES string of the molecule is CCCCCCCCCCCCCCCCC(NC(=O)CCC(=O)O[C@]1(CC)C(=O)OCC2=C1CC1c3nc4ccccc4c(CC)c3CN1C2=O)C(=O)O. The molecule has 2 aromatic rings. The lowest BCUT2D eigenvalue weighted by atomic mass is 9.78. The molecule has 1 aromatic heterocycles. The molecule has 0 spiro atoms. The van der Waals surface area contributed by atoms with Gasteiger partial charge in [-0.15, -0.1) is 0 Å². The predicted molar refractivity (Wildman–Crippen MR) is 210 cm³/mol. The van der Waals surface area contributed by atoms with Crippen molar-refractivity contribution in [1.29, 1.82) is 0 Å². The smallest absolute Gasteiger partial charge is 0.355 e. The van der Waals surface area contributed by atoms with E-state index in [2.05, 4.69) is 19.2 Å². The van der Waals surface area contributed by atoms with Gasteiger partial charge in [0, 0.05) is 18.4 Å². The highest BCUT2D eigenvalue weighted by Crippen LogP contribution is 2.49.